The highest BCUT2D eigenvalue weighted by Crippen LogP contribution is 2.38. The van der Waals surface area contributed by atoms with Crippen LogP contribution in [0.4, 0.5) is 54.8 Å². The molecular weight excluding hydrogens is 1790 g/mol. The first kappa shape index (κ1) is 91.0. The molecular formula is C98H89F6N17O12S2. The van der Waals surface area contributed by atoms with E-state index in [0.29, 0.717) is 72.5 Å². The Hall–Kier alpha value is -14.5. The van der Waals surface area contributed by atoms with Crippen LogP contribution in [-0.4, -0.2) is 190 Å². The molecule has 0 spiro atoms. The number of nitrogens with one attached hydrogen (secondary N) is 3. The van der Waals surface area contributed by atoms with Gasteiger partial charge < -0.3 is 85.7 Å². The van der Waals surface area contributed by atoms with Crippen LogP contribution in [0.25, 0.3) is 138 Å². The fraction of sp³-hybridized carbons (Fsp3) is 0.255. The molecule has 18 aromatic rings. The Labute approximate surface area is 772 Å². The highest BCUT2D eigenvalue weighted by atomic mass is 32.1. The summed E-state index contributed by atoms with van der Waals surface area (Å²) in [6, 6.07) is 58.2. The monoisotopic (exact) mass is 1870 g/mol. The summed E-state index contributed by atoms with van der Waals surface area (Å²) in [6.07, 6.45) is -5.21. The van der Waals surface area contributed by atoms with Crippen LogP contribution in [0.15, 0.2) is 266 Å². The van der Waals surface area contributed by atoms with Crippen molar-refractivity contribution in [1.29, 1.82) is 0 Å². The second kappa shape index (κ2) is 39.4. The van der Waals surface area contributed by atoms with Crippen molar-refractivity contribution >= 4 is 123 Å². The van der Waals surface area contributed by atoms with Crippen molar-refractivity contribution in [2.24, 2.45) is 0 Å². The van der Waals surface area contributed by atoms with Gasteiger partial charge in [-0.2, -0.15) is 31.3 Å². The van der Waals surface area contributed by atoms with Crippen molar-refractivity contribution in [2.45, 2.75) is 19.3 Å². The Morgan fingerprint density at radius 3 is 1.31 bits per heavy atom. The number of nitrogens with zero attached hydrogens (tertiary/aromatic N) is 14. The van der Waals surface area contributed by atoms with Gasteiger partial charge in [0.1, 0.15) is 60.2 Å². The number of piperazine rings is 4. The Balaban J connectivity index is 0.000000113. The largest absolute Gasteiger partial charge is 0.436 e. The summed E-state index contributed by atoms with van der Waals surface area (Å²) >= 11 is 1.55. The quantitative estimate of drug-likeness (QED) is 0.0672. The maximum atomic E-state index is 12.8. The number of alkyl halides is 6. The number of pyridine rings is 1. The van der Waals surface area contributed by atoms with Gasteiger partial charge in [0.25, 0.3) is 5.89 Å². The normalized spacial score (nSPS) is 14.5. The number of aryl methyl sites for hydroxylation is 1. The second-order valence-electron chi connectivity index (χ2n) is 33.0. The SMILES string of the molecule is CN(C)CCN(C)c1ccc2cc(-c3nc4ccccc4o3)c(=O)oc2c1.CN1CCN(c2ccc3cc(-c4nc(C(F)(F)F)cs4)c(=O)oc3c2)CC1.Cc1ccc2nc(-c3cc4ccc(N5CCNCC5)cc4oc3=O)cn2c1.O=c1oc2cc(N3CCNCC3)ccc2cc1-c1nc(C(F)(F)F)cs1.O=c1oc2cc(N3CCNCC3)ccc2cc1-c1noc(-c2ccccc2)n1. The first-order valence-corrected chi connectivity index (χ1v) is 45.3. The summed E-state index contributed by atoms with van der Waals surface area (Å²) in [6.45, 7) is 18.6. The number of likely N-dealkylation sites (N-methyl/N-ethyl adjacent to an activating group) is 3. The fourth-order valence-corrected chi connectivity index (χ4v) is 17.6. The van der Waals surface area contributed by atoms with Crippen LogP contribution < -0.4 is 68.6 Å². The summed E-state index contributed by atoms with van der Waals surface area (Å²) in [5, 5.41) is 19.5. The molecule has 0 amide bonds. The van der Waals surface area contributed by atoms with Crippen LogP contribution in [0.5, 0.6) is 0 Å². The van der Waals surface area contributed by atoms with E-state index < -0.39 is 46.2 Å². The molecule has 29 nitrogen and oxygen atoms in total. The van der Waals surface area contributed by atoms with Gasteiger partial charge in [0.05, 0.1) is 22.4 Å². The number of fused-ring (bicyclic) bond motifs is 7. The highest BCUT2D eigenvalue weighted by Gasteiger charge is 2.36. The number of thiazole rings is 2. The molecule has 4 aliphatic rings. The molecule has 0 unspecified atom stereocenters. The molecule has 7 aromatic carbocycles. The first-order valence-electron chi connectivity index (χ1n) is 43.5. The molecule has 0 saturated carbocycles. The summed E-state index contributed by atoms with van der Waals surface area (Å²) in [5.41, 5.74) is 8.77. The van der Waals surface area contributed by atoms with E-state index in [1.165, 1.54) is 12.1 Å². The molecule has 135 heavy (non-hydrogen) atoms. The summed E-state index contributed by atoms with van der Waals surface area (Å²) in [7, 11) is 8.18. The van der Waals surface area contributed by atoms with Crippen LogP contribution in [0.2, 0.25) is 0 Å². The van der Waals surface area contributed by atoms with Crippen molar-refractivity contribution in [2.75, 3.05) is 170 Å². The molecule has 0 aliphatic carbocycles. The van der Waals surface area contributed by atoms with Gasteiger partial charge in [-0.25, -0.2) is 43.9 Å². The molecule has 3 N–H and O–H groups in total. The lowest BCUT2D eigenvalue weighted by Crippen LogP contribution is -2.44. The Bertz CT molecular complexity index is 7640. The molecule has 22 rings (SSSR count). The second-order valence-corrected chi connectivity index (χ2v) is 34.7. The number of imidazole rings is 1. The van der Waals surface area contributed by atoms with E-state index in [0.717, 1.165) is 213 Å². The van der Waals surface area contributed by atoms with E-state index >= 15 is 0 Å². The zero-order valence-corrected chi connectivity index (χ0v) is 75.3. The van der Waals surface area contributed by atoms with E-state index in [9.17, 15) is 50.3 Å². The maximum absolute atomic E-state index is 12.8. The fourth-order valence-electron chi connectivity index (χ4n) is 15.9. The van der Waals surface area contributed by atoms with E-state index in [2.05, 4.69) is 93.4 Å². The first-order chi connectivity index (χ1) is 65.2. The number of hydrogen-bond donors (Lipinski definition) is 3. The van der Waals surface area contributed by atoms with Crippen LogP contribution >= 0.6 is 22.7 Å². The number of para-hydroxylation sites is 2. The lowest BCUT2D eigenvalue weighted by molar-refractivity contribution is -0.141. The Kier molecular flexibility index (Phi) is 26.6. The van der Waals surface area contributed by atoms with E-state index in [4.69, 9.17) is 31.0 Å². The standard InChI is InChI=1S/C21H18N4O3.C21H20N4O2.C21H21N3O3.C18H16F3N3O2S.C17H14F3N3O2S/c26-21-17(19-23-20(28-24-19)14-4-2-1-3-5-14)12-15-6-7-16(13-18(15)27-21)25-10-8-22-9-11-25;1-14-2-5-20-23-18(13-25(20)12-14)17-10-15-3-4-16(11-19(15)27-21(17)26)24-8-6-22-7-9-24;1-23(2)10-11-24(3)15-9-8-14-12-16(21(25)27-19(14)13-15)20-22-17-6-4-5-7-18(17)26-20;1-23-4-6-24(7-5-23)12-3-2-11-8-13(17(25)26-14(11)9-12)16-22-15(10-27-16)18(19,20)21;18-17(19,20)14-9-26-15(22-14)12-7-10-1-2-11(8-13(10)25-16(12)24)23-5-3-21-4-6-23/h1-7,12-13,22H,8-11H2;2-5,10-13,22H,6-9H2,1H3;4-9,12-13H,10-11H2,1-3H3;2-3,8-10H,4-7H2,1H3;1-2,7-9,21H,3-6H2. The van der Waals surface area contributed by atoms with Crippen LogP contribution in [0.3, 0.4) is 0 Å². The lowest BCUT2D eigenvalue weighted by Gasteiger charge is -2.34. The Morgan fingerprint density at radius 1 is 0.400 bits per heavy atom. The molecule has 4 fully saturated rings. The van der Waals surface area contributed by atoms with Gasteiger partial charge in [0.2, 0.25) is 11.7 Å². The minimum Gasteiger partial charge on any atom is -0.436 e. The van der Waals surface area contributed by atoms with Crippen molar-refractivity contribution in [3.8, 4) is 66.7 Å². The number of halogens is 6. The molecule has 0 radical (unpaired) electrons. The Morgan fingerprint density at radius 2 is 0.830 bits per heavy atom. The van der Waals surface area contributed by atoms with Gasteiger partial charge in [-0.05, 0) is 155 Å². The maximum Gasteiger partial charge on any atom is 0.434 e. The summed E-state index contributed by atoms with van der Waals surface area (Å²) in [5.74, 6) is 0.865. The third-order valence-corrected chi connectivity index (χ3v) is 25.1. The zero-order chi connectivity index (χ0) is 93.8. The number of rotatable bonds is 14. The average molecular weight is 1880 g/mol. The molecule has 37 heteroatoms. The van der Waals surface area contributed by atoms with E-state index in [-0.39, 0.29) is 44.0 Å². The number of oxazole rings is 1. The van der Waals surface area contributed by atoms with Gasteiger partial charge in [0, 0.05) is 239 Å². The molecule has 15 heterocycles. The van der Waals surface area contributed by atoms with Crippen molar-refractivity contribution in [3.05, 3.63) is 280 Å². The van der Waals surface area contributed by atoms with E-state index in [1.807, 2.05) is 184 Å². The highest BCUT2D eigenvalue weighted by molar-refractivity contribution is 7.13. The van der Waals surface area contributed by atoms with Crippen LogP contribution in [0.1, 0.15) is 17.0 Å². The van der Waals surface area contributed by atoms with Crippen molar-refractivity contribution in [1.82, 2.24) is 60.2 Å². The van der Waals surface area contributed by atoms with Crippen LogP contribution in [-0.2, 0) is 12.4 Å². The van der Waals surface area contributed by atoms with E-state index in [1.54, 1.807) is 30.3 Å². The molecule has 0 bridgehead atoms. The van der Waals surface area contributed by atoms with Gasteiger partial charge in [-0.3, -0.25) is 0 Å². The third-order valence-electron chi connectivity index (χ3n) is 23.4. The predicted octanol–water partition coefficient (Wildman–Crippen LogP) is 16.4. The van der Waals surface area contributed by atoms with Gasteiger partial charge >= 0.3 is 40.5 Å². The smallest absolute Gasteiger partial charge is 0.434 e. The van der Waals surface area contributed by atoms with Gasteiger partial charge in [0.15, 0.2) is 17.0 Å². The van der Waals surface area contributed by atoms with Gasteiger partial charge in [-0.1, -0.05) is 41.6 Å². The number of anilines is 5. The minimum atomic E-state index is -4.54. The minimum absolute atomic E-state index is 0.000781. The molecule has 4 saturated heterocycles. The molecule has 4 aliphatic heterocycles. The molecule has 692 valence electrons. The average Bonchev–Trinajstić information content (AvgIpc) is 1.73. The number of benzene rings is 7. The summed E-state index contributed by atoms with van der Waals surface area (Å²) < 4.78 is 117. The zero-order valence-electron chi connectivity index (χ0n) is 73.7. The molecule has 11 aromatic heterocycles. The summed E-state index contributed by atoms with van der Waals surface area (Å²) in [4.78, 5) is 98.2. The third kappa shape index (κ3) is 21.0. The van der Waals surface area contributed by atoms with Crippen molar-refractivity contribution in [3.63, 3.8) is 0 Å². The predicted molar refractivity (Wildman–Crippen MR) is 512 cm³/mol. The number of aromatic nitrogens is 7. The molecule has 0 atom stereocenters. The van der Waals surface area contributed by atoms with Crippen LogP contribution in [0, 0.1) is 6.92 Å². The topological polar surface area (TPSA) is 318 Å². The number of hydrogen-bond acceptors (Lipinski definition) is 30. The lowest BCUT2D eigenvalue weighted by atomic mass is 10.1. The van der Waals surface area contributed by atoms with Gasteiger partial charge in [-0.15, -0.1) is 22.7 Å². The van der Waals surface area contributed by atoms with Crippen molar-refractivity contribution < 1.29 is 57.4 Å².